The van der Waals surface area contributed by atoms with Crippen LogP contribution in [0.2, 0.25) is 0 Å². The van der Waals surface area contributed by atoms with Crippen molar-refractivity contribution in [2.75, 3.05) is 6.54 Å². The van der Waals surface area contributed by atoms with Crippen LogP contribution >= 0.6 is 0 Å². The maximum absolute atomic E-state index is 11.8. The quantitative estimate of drug-likeness (QED) is 0.721. The first-order chi connectivity index (χ1) is 7.29. The van der Waals surface area contributed by atoms with Crippen molar-refractivity contribution in [3.8, 4) is 0 Å². The molecule has 86 valence electrons. The average Bonchev–Trinajstić information content (AvgIpc) is 2.89. The minimum atomic E-state index is 0.0636. The molecule has 1 amide bonds. The highest BCUT2D eigenvalue weighted by Crippen LogP contribution is 2.30. The first-order valence-electron chi connectivity index (χ1n) is 6.30. The molecule has 3 heteroatoms. The Morgan fingerprint density at radius 1 is 1.27 bits per heavy atom. The van der Waals surface area contributed by atoms with Crippen LogP contribution in [0.15, 0.2) is 0 Å². The van der Waals surface area contributed by atoms with E-state index in [9.17, 15) is 4.79 Å². The molecule has 2 aliphatic rings. The Morgan fingerprint density at radius 3 is 2.47 bits per heavy atom. The molecule has 0 aliphatic heterocycles. The van der Waals surface area contributed by atoms with E-state index >= 15 is 0 Å². The van der Waals surface area contributed by atoms with E-state index < -0.39 is 0 Å². The van der Waals surface area contributed by atoms with Crippen molar-refractivity contribution in [3.05, 3.63) is 0 Å². The molecule has 2 saturated carbocycles. The van der Waals surface area contributed by atoms with Crippen molar-refractivity contribution in [2.45, 2.75) is 51.0 Å². The summed E-state index contributed by atoms with van der Waals surface area (Å²) in [6.07, 6.45) is 8.60. The molecule has 15 heavy (non-hydrogen) atoms. The fourth-order valence-corrected chi connectivity index (χ4v) is 2.51. The summed E-state index contributed by atoms with van der Waals surface area (Å²) in [7, 11) is 0. The highest BCUT2D eigenvalue weighted by atomic mass is 16.2. The number of hydrogen-bond acceptors (Lipinski definition) is 2. The van der Waals surface area contributed by atoms with Gasteiger partial charge in [0.05, 0.1) is 5.92 Å². The van der Waals surface area contributed by atoms with Crippen molar-refractivity contribution in [3.63, 3.8) is 0 Å². The summed E-state index contributed by atoms with van der Waals surface area (Å²) >= 11 is 0. The molecule has 0 radical (unpaired) electrons. The van der Waals surface area contributed by atoms with E-state index in [2.05, 4.69) is 5.32 Å². The third-order valence-corrected chi connectivity index (χ3v) is 3.67. The van der Waals surface area contributed by atoms with E-state index in [4.69, 9.17) is 5.73 Å². The molecule has 0 spiro atoms. The van der Waals surface area contributed by atoms with Gasteiger partial charge in [-0.05, 0) is 25.2 Å². The van der Waals surface area contributed by atoms with Gasteiger partial charge in [-0.25, -0.2) is 0 Å². The lowest BCUT2D eigenvalue weighted by molar-refractivity contribution is -0.125. The molecule has 0 heterocycles. The van der Waals surface area contributed by atoms with Gasteiger partial charge in [0.1, 0.15) is 0 Å². The van der Waals surface area contributed by atoms with Crippen LogP contribution in [0.25, 0.3) is 0 Å². The molecule has 0 bridgehead atoms. The number of carbonyl (C=O) groups excluding carboxylic acids is 1. The number of nitrogens with one attached hydrogen (secondary N) is 1. The first kappa shape index (κ1) is 10.9. The molecule has 2 fully saturated rings. The zero-order chi connectivity index (χ0) is 10.7. The first-order valence-corrected chi connectivity index (χ1v) is 6.30. The van der Waals surface area contributed by atoms with Gasteiger partial charge in [-0.15, -0.1) is 0 Å². The van der Waals surface area contributed by atoms with Crippen LogP contribution in [-0.2, 0) is 4.79 Å². The van der Waals surface area contributed by atoms with Gasteiger partial charge in [-0.2, -0.15) is 0 Å². The molecule has 1 atom stereocenters. The van der Waals surface area contributed by atoms with E-state index in [0.717, 1.165) is 25.2 Å². The Kier molecular flexibility index (Phi) is 3.62. The van der Waals surface area contributed by atoms with Gasteiger partial charge in [-0.1, -0.05) is 25.7 Å². The Morgan fingerprint density at radius 2 is 1.93 bits per heavy atom. The Balaban J connectivity index is 1.76. The van der Waals surface area contributed by atoms with E-state index in [1.807, 2.05) is 0 Å². The Hall–Kier alpha value is -0.570. The van der Waals surface area contributed by atoms with Crippen LogP contribution in [-0.4, -0.2) is 18.5 Å². The van der Waals surface area contributed by atoms with Gasteiger partial charge in [0, 0.05) is 12.6 Å². The largest absolute Gasteiger partial charge is 0.353 e. The van der Waals surface area contributed by atoms with Crippen LogP contribution in [0.1, 0.15) is 44.9 Å². The maximum Gasteiger partial charge on any atom is 0.224 e. The average molecular weight is 210 g/mol. The number of amides is 1. The molecule has 0 saturated heterocycles. The lowest BCUT2D eigenvalue weighted by Crippen LogP contribution is -2.37. The zero-order valence-corrected chi connectivity index (χ0v) is 9.37. The van der Waals surface area contributed by atoms with Crippen molar-refractivity contribution in [1.29, 1.82) is 0 Å². The molecule has 1 unspecified atom stereocenters. The Labute approximate surface area is 91.8 Å². The standard InChI is InChI=1S/C12H22N2O/c13-8-10(7-9-3-1-2-4-9)12(15)14-11-5-6-11/h9-11H,1-8,13H2,(H,14,15). The SMILES string of the molecule is NCC(CC1CCCC1)C(=O)NC1CC1. The lowest BCUT2D eigenvalue weighted by atomic mass is 9.92. The van der Waals surface area contributed by atoms with Gasteiger partial charge >= 0.3 is 0 Å². The minimum Gasteiger partial charge on any atom is -0.353 e. The van der Waals surface area contributed by atoms with Gasteiger partial charge in [-0.3, -0.25) is 4.79 Å². The van der Waals surface area contributed by atoms with Crippen LogP contribution < -0.4 is 11.1 Å². The van der Waals surface area contributed by atoms with Crippen molar-refractivity contribution in [1.82, 2.24) is 5.32 Å². The number of nitrogens with two attached hydrogens (primary N) is 1. The molecular formula is C12H22N2O. The van der Waals surface area contributed by atoms with Crippen LogP contribution in [0.5, 0.6) is 0 Å². The third kappa shape index (κ3) is 3.20. The molecule has 0 aromatic rings. The molecule has 3 N–H and O–H groups in total. The van der Waals surface area contributed by atoms with E-state index in [1.54, 1.807) is 0 Å². The normalized spacial score (nSPS) is 24.1. The highest BCUT2D eigenvalue weighted by molar-refractivity contribution is 5.79. The molecular weight excluding hydrogens is 188 g/mol. The van der Waals surface area contributed by atoms with Crippen molar-refractivity contribution >= 4 is 5.91 Å². The second-order valence-corrected chi connectivity index (χ2v) is 5.10. The van der Waals surface area contributed by atoms with Crippen molar-refractivity contribution in [2.24, 2.45) is 17.6 Å². The smallest absolute Gasteiger partial charge is 0.224 e. The fourth-order valence-electron chi connectivity index (χ4n) is 2.51. The van der Waals surface area contributed by atoms with Crippen LogP contribution in [0.4, 0.5) is 0 Å². The summed E-state index contributed by atoms with van der Waals surface area (Å²) in [5, 5.41) is 3.06. The van der Waals surface area contributed by atoms with Gasteiger partial charge in [0.2, 0.25) is 5.91 Å². The summed E-state index contributed by atoms with van der Waals surface area (Å²) in [5.74, 6) is 1.02. The summed E-state index contributed by atoms with van der Waals surface area (Å²) < 4.78 is 0. The van der Waals surface area contributed by atoms with Gasteiger partial charge in [0.15, 0.2) is 0 Å². The predicted molar refractivity (Wildman–Crippen MR) is 60.3 cm³/mol. The summed E-state index contributed by atoms with van der Waals surface area (Å²) in [6.45, 7) is 0.509. The monoisotopic (exact) mass is 210 g/mol. The maximum atomic E-state index is 11.8. The molecule has 0 aromatic carbocycles. The van der Waals surface area contributed by atoms with Crippen LogP contribution in [0.3, 0.4) is 0 Å². The van der Waals surface area contributed by atoms with E-state index in [-0.39, 0.29) is 11.8 Å². The second-order valence-electron chi connectivity index (χ2n) is 5.10. The third-order valence-electron chi connectivity index (χ3n) is 3.67. The van der Waals surface area contributed by atoms with E-state index in [0.29, 0.717) is 12.6 Å². The molecule has 0 aromatic heterocycles. The Bertz CT molecular complexity index is 220. The summed E-state index contributed by atoms with van der Waals surface area (Å²) in [5.41, 5.74) is 5.69. The topological polar surface area (TPSA) is 55.1 Å². The highest BCUT2D eigenvalue weighted by Gasteiger charge is 2.29. The van der Waals surface area contributed by atoms with Gasteiger partial charge < -0.3 is 11.1 Å². The van der Waals surface area contributed by atoms with Crippen LogP contribution in [0, 0.1) is 11.8 Å². The molecule has 3 nitrogen and oxygen atoms in total. The molecule has 2 rings (SSSR count). The summed E-state index contributed by atoms with van der Waals surface area (Å²) in [6, 6.07) is 0.468. The fraction of sp³-hybridized carbons (Fsp3) is 0.917. The molecule has 2 aliphatic carbocycles. The summed E-state index contributed by atoms with van der Waals surface area (Å²) in [4.78, 5) is 11.8. The predicted octanol–water partition coefficient (Wildman–Crippen LogP) is 1.42. The van der Waals surface area contributed by atoms with E-state index in [1.165, 1.54) is 25.7 Å². The number of carbonyl (C=O) groups is 1. The lowest BCUT2D eigenvalue weighted by Gasteiger charge is -2.18. The second kappa shape index (κ2) is 4.97. The van der Waals surface area contributed by atoms with Crippen molar-refractivity contribution < 1.29 is 4.79 Å². The van der Waals surface area contributed by atoms with Gasteiger partial charge in [0.25, 0.3) is 0 Å². The number of rotatable bonds is 5. The minimum absolute atomic E-state index is 0.0636. The number of hydrogen-bond donors (Lipinski definition) is 2. The zero-order valence-electron chi connectivity index (χ0n) is 9.37.